The average Bonchev–Trinajstić information content (AvgIpc) is 3.18. The van der Waals surface area contributed by atoms with Gasteiger partial charge in [0.2, 0.25) is 0 Å². The van der Waals surface area contributed by atoms with Crippen molar-refractivity contribution in [3.8, 4) is 0 Å². The Morgan fingerprint density at radius 3 is 2.69 bits per heavy atom. The Morgan fingerprint density at radius 2 is 2.00 bits per heavy atom. The first-order chi connectivity index (χ1) is 14.9. The van der Waals surface area contributed by atoms with Gasteiger partial charge >= 0.3 is 0 Å². The van der Waals surface area contributed by atoms with Crippen molar-refractivity contribution in [2.24, 2.45) is 16.4 Å². The van der Waals surface area contributed by atoms with E-state index >= 15 is 0 Å². The van der Waals surface area contributed by atoms with Gasteiger partial charge in [0.05, 0.1) is 29.5 Å². The fraction of sp³-hybridized carbons (Fsp3) is 0.840. The first kappa shape index (κ1) is 22.7. The van der Waals surface area contributed by atoms with E-state index < -0.39 is 26.1 Å². The SMILES string of the molecule is CC(C)(C)[Si](C)(C)O[C@H]1CC[C@@H]2[C@]1(C)CCC1=CC3=C[C@H](O)[C@@H](N=[N+]=[N-])C[C@]34CC[C@@]12O4. The molecule has 2 aliphatic heterocycles. The van der Waals surface area contributed by atoms with Crippen LogP contribution in [0.4, 0.5) is 0 Å². The first-order valence-corrected chi connectivity index (χ1v) is 15.3. The molecule has 1 saturated heterocycles. The maximum atomic E-state index is 10.5. The molecule has 3 aliphatic carbocycles. The summed E-state index contributed by atoms with van der Waals surface area (Å²) in [5, 5.41) is 14.6. The van der Waals surface area contributed by atoms with Gasteiger partial charge in [-0.15, -0.1) is 0 Å². The molecule has 176 valence electrons. The van der Waals surface area contributed by atoms with Crippen LogP contribution in [0, 0.1) is 11.3 Å². The molecule has 0 aromatic carbocycles. The van der Waals surface area contributed by atoms with Gasteiger partial charge in [-0.3, -0.25) is 0 Å². The van der Waals surface area contributed by atoms with E-state index in [9.17, 15) is 5.11 Å². The summed E-state index contributed by atoms with van der Waals surface area (Å²) in [5.74, 6) is 0.454. The van der Waals surface area contributed by atoms with E-state index in [4.69, 9.17) is 14.7 Å². The van der Waals surface area contributed by atoms with Gasteiger partial charge < -0.3 is 14.3 Å². The molecule has 0 aromatic heterocycles. The van der Waals surface area contributed by atoms with Gasteiger partial charge in [-0.1, -0.05) is 38.9 Å². The van der Waals surface area contributed by atoms with Crippen LogP contribution in [0.15, 0.2) is 28.4 Å². The van der Waals surface area contributed by atoms with Crippen LogP contribution >= 0.6 is 0 Å². The topological polar surface area (TPSA) is 87.5 Å². The van der Waals surface area contributed by atoms with Crippen LogP contribution in [-0.4, -0.2) is 42.9 Å². The molecule has 2 heterocycles. The number of rotatable bonds is 3. The lowest BCUT2D eigenvalue weighted by atomic mass is 9.58. The summed E-state index contributed by atoms with van der Waals surface area (Å²) >= 11 is 0. The molecule has 0 radical (unpaired) electrons. The standard InChI is InChI=1S/C25H39N3O3Si/c1-22(2,3)32(5,6)30-21-8-7-20-23(21,4)10-9-16-13-17-14-19(29)18(27-28-26)15-24(17)11-12-25(16,20)31-24/h13-14,18-21,29H,7-12,15H2,1-6H3/t18-,19-,20+,21-,23-,24+,25+/m0/s1. The minimum absolute atomic E-state index is 0.123. The van der Waals surface area contributed by atoms with Gasteiger partial charge in [0, 0.05) is 4.91 Å². The number of hydrogen-bond donors (Lipinski definition) is 1. The molecule has 0 aromatic rings. The number of azide groups is 1. The lowest BCUT2D eigenvalue weighted by Gasteiger charge is -2.56. The third kappa shape index (κ3) is 2.98. The molecule has 3 fully saturated rings. The molecule has 0 unspecified atom stereocenters. The zero-order valence-corrected chi connectivity index (χ0v) is 21.5. The van der Waals surface area contributed by atoms with Crippen LogP contribution in [0.5, 0.6) is 0 Å². The number of fused-ring (bicyclic) bond motifs is 1. The summed E-state index contributed by atoms with van der Waals surface area (Å²) in [4.78, 5) is 2.99. The third-order valence-corrected chi connectivity index (χ3v) is 14.6. The second-order valence-electron chi connectivity index (χ2n) is 12.7. The zero-order chi connectivity index (χ0) is 23.2. The van der Waals surface area contributed by atoms with Gasteiger partial charge in [0.1, 0.15) is 0 Å². The minimum atomic E-state index is -1.86. The van der Waals surface area contributed by atoms with Crippen molar-refractivity contribution < 1.29 is 14.3 Å². The predicted molar refractivity (Wildman–Crippen MR) is 128 cm³/mol. The van der Waals surface area contributed by atoms with Gasteiger partial charge in [-0.2, -0.15) is 0 Å². The van der Waals surface area contributed by atoms with E-state index in [0.717, 1.165) is 44.1 Å². The lowest BCUT2D eigenvalue weighted by molar-refractivity contribution is -0.151. The van der Waals surface area contributed by atoms with Crippen molar-refractivity contribution in [1.82, 2.24) is 0 Å². The molecule has 2 bridgehead atoms. The van der Waals surface area contributed by atoms with E-state index in [2.05, 4.69) is 56.9 Å². The van der Waals surface area contributed by atoms with Crippen molar-refractivity contribution >= 4 is 8.32 Å². The minimum Gasteiger partial charge on any atom is -0.413 e. The highest BCUT2D eigenvalue weighted by Gasteiger charge is 2.68. The summed E-state index contributed by atoms with van der Waals surface area (Å²) in [5.41, 5.74) is 11.0. The Labute approximate surface area is 193 Å². The Bertz CT molecular complexity index is 933. The smallest absolute Gasteiger partial charge is 0.192 e. The summed E-state index contributed by atoms with van der Waals surface area (Å²) in [6, 6.07) is -0.456. The Hall–Kier alpha value is -1.11. The highest BCUT2D eigenvalue weighted by molar-refractivity contribution is 6.74. The van der Waals surface area contributed by atoms with Crippen molar-refractivity contribution in [1.29, 1.82) is 0 Å². The lowest BCUT2D eigenvalue weighted by Crippen LogP contribution is -2.57. The fourth-order valence-electron chi connectivity index (χ4n) is 7.29. The summed E-state index contributed by atoms with van der Waals surface area (Å²) < 4.78 is 14.2. The molecular weight excluding hydrogens is 418 g/mol. The normalized spacial score (nSPS) is 45.2. The highest BCUT2D eigenvalue weighted by Crippen LogP contribution is 2.68. The van der Waals surface area contributed by atoms with Gasteiger partial charge in [-0.25, -0.2) is 0 Å². The van der Waals surface area contributed by atoms with E-state index in [0.29, 0.717) is 18.4 Å². The average molecular weight is 458 g/mol. The van der Waals surface area contributed by atoms with Crippen molar-refractivity contribution in [2.45, 2.75) is 120 Å². The largest absolute Gasteiger partial charge is 0.413 e. The molecule has 6 nitrogen and oxygen atoms in total. The van der Waals surface area contributed by atoms with Crippen LogP contribution in [-0.2, 0) is 9.16 Å². The molecule has 0 amide bonds. The predicted octanol–water partition coefficient (Wildman–Crippen LogP) is 6.18. The van der Waals surface area contributed by atoms with E-state index in [1.165, 1.54) is 5.57 Å². The summed E-state index contributed by atoms with van der Waals surface area (Å²) in [6.45, 7) is 14.2. The van der Waals surface area contributed by atoms with Crippen LogP contribution in [0.2, 0.25) is 18.1 Å². The molecule has 5 rings (SSSR count). The first-order valence-electron chi connectivity index (χ1n) is 12.4. The van der Waals surface area contributed by atoms with Crippen LogP contribution in [0.3, 0.4) is 0 Å². The zero-order valence-electron chi connectivity index (χ0n) is 20.5. The van der Waals surface area contributed by atoms with E-state index in [1.54, 1.807) is 0 Å². The molecule has 32 heavy (non-hydrogen) atoms. The van der Waals surface area contributed by atoms with Crippen LogP contribution in [0.25, 0.3) is 10.4 Å². The van der Waals surface area contributed by atoms with Crippen molar-refractivity contribution in [3.63, 3.8) is 0 Å². The Morgan fingerprint density at radius 1 is 1.25 bits per heavy atom. The van der Waals surface area contributed by atoms with Crippen LogP contribution < -0.4 is 0 Å². The summed E-state index contributed by atoms with van der Waals surface area (Å²) in [7, 11) is -1.86. The molecule has 2 spiro atoms. The number of aliphatic hydroxyl groups is 1. The number of aliphatic hydroxyl groups excluding tert-OH is 1. The Balaban J connectivity index is 1.49. The van der Waals surface area contributed by atoms with Gasteiger partial charge in [0.25, 0.3) is 0 Å². The molecule has 2 saturated carbocycles. The van der Waals surface area contributed by atoms with Crippen molar-refractivity contribution in [2.75, 3.05) is 0 Å². The second-order valence-corrected chi connectivity index (χ2v) is 17.5. The number of hydrogen-bond acceptors (Lipinski definition) is 4. The monoisotopic (exact) mass is 457 g/mol. The van der Waals surface area contributed by atoms with E-state index in [-0.39, 0.29) is 16.1 Å². The van der Waals surface area contributed by atoms with E-state index in [1.807, 2.05) is 6.08 Å². The third-order valence-electron chi connectivity index (χ3n) is 10.1. The maximum Gasteiger partial charge on any atom is 0.192 e. The molecular formula is C25H39N3O3Si. The quantitative estimate of drug-likeness (QED) is 0.237. The van der Waals surface area contributed by atoms with Gasteiger partial charge in [0.15, 0.2) is 8.32 Å². The Kier molecular flexibility index (Phi) is 4.93. The summed E-state index contributed by atoms with van der Waals surface area (Å²) in [6.07, 6.45) is 10.7. The molecule has 5 aliphatic rings. The number of nitrogens with zero attached hydrogens (tertiary/aromatic N) is 3. The van der Waals surface area contributed by atoms with Gasteiger partial charge in [-0.05, 0) is 97.2 Å². The molecule has 1 N–H and O–H groups in total. The number of ether oxygens (including phenoxy) is 1. The molecule has 7 heteroatoms. The fourth-order valence-corrected chi connectivity index (χ4v) is 8.74. The van der Waals surface area contributed by atoms with Crippen molar-refractivity contribution in [3.05, 3.63) is 33.7 Å². The maximum absolute atomic E-state index is 10.5. The highest BCUT2D eigenvalue weighted by atomic mass is 28.4. The second kappa shape index (κ2) is 6.95. The van der Waals surface area contributed by atoms with Crippen LogP contribution in [0.1, 0.15) is 72.6 Å². The molecule has 7 atom stereocenters.